The second-order valence-corrected chi connectivity index (χ2v) is 7.78. The Morgan fingerprint density at radius 2 is 1.44 bits per heavy atom. The van der Waals surface area contributed by atoms with Crippen LogP contribution in [0.1, 0.15) is 29.7 Å². The van der Waals surface area contributed by atoms with Crippen molar-refractivity contribution in [2.75, 3.05) is 0 Å². The highest BCUT2D eigenvalue weighted by Gasteiger charge is 2.82. The largest absolute Gasteiger partial charge is 0.459 e. The number of benzene rings is 1. The molecule has 2 aromatic rings. The Morgan fingerprint density at radius 3 is 1.81 bits per heavy atom. The van der Waals surface area contributed by atoms with Crippen LogP contribution in [-0.2, 0) is 11.6 Å². The van der Waals surface area contributed by atoms with Gasteiger partial charge in [0.25, 0.3) is 0 Å². The van der Waals surface area contributed by atoms with Crippen molar-refractivity contribution < 1.29 is 43.9 Å². The molecular weight excluding hydrogens is 507 g/mol. The average molecular weight is 514 g/mol. The Hall–Kier alpha value is -2.20. The highest BCUT2D eigenvalue weighted by atomic mass is 35.5. The lowest BCUT2D eigenvalue weighted by Crippen LogP contribution is -2.58. The van der Waals surface area contributed by atoms with Crippen LogP contribution in [-0.4, -0.2) is 27.8 Å². The fourth-order valence-electron chi connectivity index (χ4n) is 3.23. The molecule has 0 atom stereocenters. The molecule has 0 radical (unpaired) electrons. The minimum atomic E-state index is -6.59. The van der Waals surface area contributed by atoms with Crippen LogP contribution in [0.5, 0.6) is 0 Å². The van der Waals surface area contributed by atoms with E-state index < -0.39 is 75.0 Å². The van der Waals surface area contributed by atoms with Gasteiger partial charge in [-0.2, -0.15) is 54.3 Å². The van der Waals surface area contributed by atoms with Gasteiger partial charge in [-0.25, -0.2) is 4.68 Å². The summed E-state index contributed by atoms with van der Waals surface area (Å²) in [7, 11) is 0. The molecule has 0 aliphatic heterocycles. The molecule has 1 saturated carbocycles. The van der Waals surface area contributed by atoms with E-state index in [1.165, 1.54) is 6.07 Å². The van der Waals surface area contributed by atoms with E-state index in [9.17, 15) is 49.2 Å². The molecule has 1 heterocycles. The van der Waals surface area contributed by atoms with Crippen LogP contribution in [0.4, 0.5) is 43.9 Å². The van der Waals surface area contributed by atoms with E-state index in [2.05, 4.69) is 5.10 Å². The van der Waals surface area contributed by atoms with Crippen molar-refractivity contribution in [2.45, 2.75) is 42.5 Å². The monoisotopic (exact) mass is 513 g/mol. The Bertz CT molecular complexity index is 1080. The van der Waals surface area contributed by atoms with Gasteiger partial charge in [-0.3, -0.25) is 0 Å². The van der Waals surface area contributed by atoms with Crippen LogP contribution < -0.4 is 0 Å². The maximum atomic E-state index is 14.5. The number of rotatable bonds is 4. The molecule has 0 N–H and O–H groups in total. The van der Waals surface area contributed by atoms with Crippen molar-refractivity contribution in [3.8, 4) is 11.8 Å². The topological polar surface area (TPSA) is 41.6 Å². The van der Waals surface area contributed by atoms with Gasteiger partial charge in [0.1, 0.15) is 11.8 Å². The first-order chi connectivity index (χ1) is 14.4. The van der Waals surface area contributed by atoms with Crippen molar-refractivity contribution in [3.63, 3.8) is 0 Å². The number of aromatic nitrogens is 2. The molecular formula is C17H7Cl2F10N3. The third kappa shape index (κ3) is 3.48. The molecule has 15 heteroatoms. The zero-order valence-corrected chi connectivity index (χ0v) is 16.5. The van der Waals surface area contributed by atoms with Crippen LogP contribution in [0.3, 0.4) is 0 Å². The number of nitriles is 1. The fourth-order valence-corrected chi connectivity index (χ4v) is 3.89. The average Bonchev–Trinajstić information content (AvgIpc) is 3.34. The van der Waals surface area contributed by atoms with Gasteiger partial charge in [0.15, 0.2) is 5.69 Å². The molecule has 0 spiro atoms. The van der Waals surface area contributed by atoms with Crippen LogP contribution in [0.25, 0.3) is 5.69 Å². The highest BCUT2D eigenvalue weighted by Crippen LogP contribution is 2.66. The molecule has 1 aromatic heterocycles. The molecule has 0 amide bonds. The van der Waals surface area contributed by atoms with Crippen molar-refractivity contribution in [3.05, 3.63) is 45.2 Å². The number of halogens is 12. The van der Waals surface area contributed by atoms with Crippen molar-refractivity contribution >= 4 is 23.2 Å². The molecule has 32 heavy (non-hydrogen) atoms. The third-order valence-electron chi connectivity index (χ3n) is 5.01. The van der Waals surface area contributed by atoms with Crippen LogP contribution in [0.15, 0.2) is 18.3 Å². The maximum Gasteiger partial charge on any atom is 0.459 e. The van der Waals surface area contributed by atoms with E-state index in [0.717, 1.165) is 0 Å². The zero-order valence-electron chi connectivity index (χ0n) is 15.0. The zero-order chi connectivity index (χ0) is 24.5. The minimum absolute atomic E-state index is 0.412. The van der Waals surface area contributed by atoms with Gasteiger partial charge < -0.3 is 0 Å². The first-order valence-corrected chi connectivity index (χ1v) is 9.05. The molecule has 3 nitrogen and oxygen atoms in total. The lowest BCUT2D eigenvalue weighted by Gasteiger charge is -2.34. The summed E-state index contributed by atoms with van der Waals surface area (Å²) in [4.78, 5) is 0. The van der Waals surface area contributed by atoms with Gasteiger partial charge in [-0.05, 0) is 25.0 Å². The maximum absolute atomic E-state index is 14.5. The highest BCUT2D eigenvalue weighted by molar-refractivity contribution is 6.37. The lowest BCUT2D eigenvalue weighted by molar-refractivity contribution is -0.362. The molecule has 174 valence electrons. The summed E-state index contributed by atoms with van der Waals surface area (Å²) in [6.45, 7) is 0. The molecule has 0 unspecified atom stereocenters. The van der Waals surface area contributed by atoms with Crippen LogP contribution in [0, 0.1) is 11.3 Å². The predicted molar refractivity (Wildman–Crippen MR) is 90.2 cm³/mol. The summed E-state index contributed by atoms with van der Waals surface area (Å²) in [6, 6.07) is 2.14. The van der Waals surface area contributed by atoms with Crippen molar-refractivity contribution in [1.29, 1.82) is 5.26 Å². The Kier molecular flexibility index (Phi) is 5.46. The van der Waals surface area contributed by atoms with Gasteiger partial charge in [0.2, 0.25) is 0 Å². The standard InChI is InChI=1S/C17H7Cl2F10N3/c18-9-3-7(14(20,21)22)4-10(19)12(9)32-6-8(11(5-30)31-32)13(1-2-13)15(23,24)16(25,26)17(27,28)29/h3-4,6H,1-2H2. The van der Waals surface area contributed by atoms with E-state index >= 15 is 0 Å². The van der Waals surface area contributed by atoms with Crippen LogP contribution >= 0.6 is 23.2 Å². The van der Waals surface area contributed by atoms with Gasteiger partial charge in [0, 0.05) is 11.8 Å². The fraction of sp³-hybridized carbons (Fsp3) is 0.412. The molecule has 1 aliphatic rings. The molecule has 0 bridgehead atoms. The summed E-state index contributed by atoms with van der Waals surface area (Å²) in [6.07, 6.45) is -12.6. The van der Waals surface area contributed by atoms with Gasteiger partial charge in [0.05, 0.1) is 21.0 Å². The van der Waals surface area contributed by atoms with Crippen molar-refractivity contribution in [2.24, 2.45) is 0 Å². The second-order valence-electron chi connectivity index (χ2n) is 6.96. The summed E-state index contributed by atoms with van der Waals surface area (Å²) in [5, 5.41) is 11.3. The summed E-state index contributed by atoms with van der Waals surface area (Å²) >= 11 is 11.6. The number of alkyl halides is 10. The molecule has 0 saturated heterocycles. The van der Waals surface area contributed by atoms with Crippen molar-refractivity contribution in [1.82, 2.24) is 9.78 Å². The number of hydrogen-bond donors (Lipinski definition) is 0. The van der Waals surface area contributed by atoms with Gasteiger partial charge in [-0.1, -0.05) is 23.2 Å². The quantitative estimate of drug-likeness (QED) is 0.416. The normalized spacial score (nSPS) is 16.7. The molecule has 3 rings (SSSR count). The van der Waals surface area contributed by atoms with E-state index in [4.69, 9.17) is 23.2 Å². The van der Waals surface area contributed by atoms with E-state index in [-0.39, 0.29) is 0 Å². The van der Waals surface area contributed by atoms with Gasteiger partial charge >= 0.3 is 24.2 Å². The Labute approximate surface area is 182 Å². The minimum Gasteiger partial charge on any atom is -0.236 e. The number of hydrogen-bond acceptors (Lipinski definition) is 2. The molecule has 1 fully saturated rings. The Morgan fingerprint density at radius 1 is 0.938 bits per heavy atom. The van der Waals surface area contributed by atoms with E-state index in [0.29, 0.717) is 23.0 Å². The third-order valence-corrected chi connectivity index (χ3v) is 5.59. The van der Waals surface area contributed by atoms with Crippen LogP contribution in [0.2, 0.25) is 10.0 Å². The summed E-state index contributed by atoms with van der Waals surface area (Å²) in [5.41, 5.74) is -6.77. The SMILES string of the molecule is N#Cc1nn(-c2c(Cl)cc(C(F)(F)F)cc2Cl)cc1C1(C(F)(F)C(F)(F)C(F)(F)F)CC1. The van der Waals surface area contributed by atoms with Gasteiger partial charge in [-0.15, -0.1) is 0 Å². The summed E-state index contributed by atoms with van der Waals surface area (Å²) in [5.74, 6) is -12.1. The van der Waals surface area contributed by atoms with E-state index in [1.807, 2.05) is 0 Å². The lowest BCUT2D eigenvalue weighted by atomic mass is 9.85. The molecule has 1 aliphatic carbocycles. The predicted octanol–water partition coefficient (Wildman–Crippen LogP) is 6.93. The number of nitrogens with zero attached hydrogens (tertiary/aromatic N) is 3. The van der Waals surface area contributed by atoms with E-state index in [1.54, 1.807) is 0 Å². The molecule has 1 aromatic carbocycles. The Balaban J connectivity index is 2.17. The smallest absolute Gasteiger partial charge is 0.236 e. The first kappa shape index (κ1) is 24.4. The first-order valence-electron chi connectivity index (χ1n) is 8.30. The second kappa shape index (κ2) is 7.15. The summed E-state index contributed by atoms with van der Waals surface area (Å²) < 4.78 is 133.